The molecular formula is C25H31N3O5S. The molecule has 2 aromatic carbocycles. The van der Waals surface area contributed by atoms with Crippen molar-refractivity contribution < 1.29 is 22.1 Å². The summed E-state index contributed by atoms with van der Waals surface area (Å²) in [6.07, 6.45) is -1.25. The molecule has 34 heavy (non-hydrogen) atoms. The predicted molar refractivity (Wildman–Crippen MR) is 127 cm³/mol. The molecule has 1 heterocycles. The lowest BCUT2D eigenvalue weighted by molar-refractivity contribution is 0.0198. The van der Waals surface area contributed by atoms with Gasteiger partial charge in [0.2, 0.25) is 0 Å². The summed E-state index contributed by atoms with van der Waals surface area (Å²) < 4.78 is 36.7. The SMILES string of the molecule is Cc1ccc(S(=O)(=O)O[C@@H]2C[C@@H](C(C#N)NCc3ccccc3)N(C(=O)OC(C)(C)C)C2)cc1. The molecule has 1 aliphatic heterocycles. The van der Waals surface area contributed by atoms with Crippen LogP contribution in [0.5, 0.6) is 0 Å². The minimum atomic E-state index is -4.04. The maximum Gasteiger partial charge on any atom is 0.410 e. The summed E-state index contributed by atoms with van der Waals surface area (Å²) in [7, 11) is -4.04. The minimum Gasteiger partial charge on any atom is -0.444 e. The van der Waals surface area contributed by atoms with Crippen molar-refractivity contribution in [1.29, 1.82) is 5.26 Å². The smallest absolute Gasteiger partial charge is 0.410 e. The van der Waals surface area contributed by atoms with Gasteiger partial charge in [0.1, 0.15) is 11.6 Å². The van der Waals surface area contributed by atoms with E-state index in [-0.39, 0.29) is 17.9 Å². The van der Waals surface area contributed by atoms with Crippen molar-refractivity contribution in [1.82, 2.24) is 10.2 Å². The summed E-state index contributed by atoms with van der Waals surface area (Å²) in [5, 5.41) is 13.1. The molecule has 0 saturated carbocycles. The highest BCUT2D eigenvalue weighted by atomic mass is 32.2. The molecule has 0 radical (unpaired) electrons. The summed E-state index contributed by atoms with van der Waals surface area (Å²) in [6, 6.07) is 16.8. The molecule has 1 N–H and O–H groups in total. The molecular weight excluding hydrogens is 454 g/mol. The number of ether oxygens (including phenoxy) is 1. The van der Waals surface area contributed by atoms with Crippen molar-refractivity contribution in [2.75, 3.05) is 6.54 Å². The highest BCUT2D eigenvalue weighted by molar-refractivity contribution is 7.86. The molecule has 3 rings (SSSR count). The highest BCUT2D eigenvalue weighted by Crippen LogP contribution is 2.28. The normalized spacial score (nSPS) is 19.4. The van der Waals surface area contributed by atoms with Gasteiger partial charge < -0.3 is 4.74 Å². The zero-order chi connectivity index (χ0) is 24.9. The Labute approximate surface area is 201 Å². The molecule has 3 atom stereocenters. The highest BCUT2D eigenvalue weighted by Gasteiger charge is 2.44. The Morgan fingerprint density at radius 1 is 1.18 bits per heavy atom. The van der Waals surface area contributed by atoms with Gasteiger partial charge in [-0.25, -0.2) is 4.79 Å². The van der Waals surface area contributed by atoms with E-state index < -0.39 is 40.0 Å². The van der Waals surface area contributed by atoms with Gasteiger partial charge in [-0.05, 0) is 51.8 Å². The Balaban J connectivity index is 1.79. The fraction of sp³-hybridized carbons (Fsp3) is 0.440. The molecule has 1 saturated heterocycles. The number of hydrogen-bond donors (Lipinski definition) is 1. The molecule has 0 aromatic heterocycles. The second-order valence-corrected chi connectivity index (χ2v) is 11.0. The standard InChI is InChI=1S/C25H31N3O5S/c1-18-10-12-21(13-11-18)34(30,31)33-20-14-23(28(17-20)24(29)32-25(2,3)4)22(15-26)27-16-19-8-6-5-7-9-19/h5-13,20,22-23,27H,14,16-17H2,1-4H3/t20-,22?,23+/m1/s1. The van der Waals surface area contributed by atoms with Gasteiger partial charge in [-0.2, -0.15) is 13.7 Å². The van der Waals surface area contributed by atoms with Gasteiger partial charge >= 0.3 is 6.09 Å². The van der Waals surface area contributed by atoms with Crippen LogP contribution in [-0.2, 0) is 25.6 Å². The van der Waals surface area contributed by atoms with Crippen LogP contribution in [0.1, 0.15) is 38.3 Å². The third-order valence-corrected chi connectivity index (χ3v) is 6.77. The molecule has 1 aliphatic rings. The number of carbonyl (C=O) groups is 1. The number of rotatable bonds is 7. The molecule has 1 unspecified atom stereocenters. The molecule has 0 bridgehead atoms. The van der Waals surface area contributed by atoms with Crippen molar-refractivity contribution in [3.8, 4) is 6.07 Å². The van der Waals surface area contributed by atoms with Crippen molar-refractivity contribution in [3.05, 3.63) is 65.7 Å². The Morgan fingerprint density at radius 2 is 1.82 bits per heavy atom. The molecule has 0 spiro atoms. The number of nitrogens with zero attached hydrogens (tertiary/aromatic N) is 2. The Bertz CT molecular complexity index is 1120. The van der Waals surface area contributed by atoms with E-state index >= 15 is 0 Å². The van der Waals surface area contributed by atoms with E-state index in [9.17, 15) is 18.5 Å². The number of hydrogen-bond acceptors (Lipinski definition) is 7. The topological polar surface area (TPSA) is 109 Å². The van der Waals surface area contributed by atoms with Gasteiger partial charge in [-0.15, -0.1) is 0 Å². The second kappa shape index (κ2) is 10.6. The minimum absolute atomic E-state index is 0.00410. The fourth-order valence-corrected chi connectivity index (χ4v) is 4.85. The molecule has 1 amide bonds. The first kappa shape index (κ1) is 25.7. The number of amides is 1. The van der Waals surface area contributed by atoms with E-state index in [4.69, 9.17) is 8.92 Å². The maximum absolute atomic E-state index is 12.9. The van der Waals surface area contributed by atoms with Gasteiger partial charge in [0.15, 0.2) is 0 Å². The summed E-state index contributed by atoms with van der Waals surface area (Å²) in [5.41, 5.74) is 1.17. The van der Waals surface area contributed by atoms with Crippen LogP contribution in [0.3, 0.4) is 0 Å². The van der Waals surface area contributed by atoms with Crippen LogP contribution in [-0.4, -0.2) is 49.7 Å². The van der Waals surface area contributed by atoms with E-state index in [2.05, 4.69) is 11.4 Å². The van der Waals surface area contributed by atoms with Gasteiger partial charge in [-0.1, -0.05) is 48.0 Å². The summed E-state index contributed by atoms with van der Waals surface area (Å²) in [6.45, 7) is 7.53. The number of aryl methyl sites for hydroxylation is 1. The third-order valence-electron chi connectivity index (χ3n) is 5.40. The van der Waals surface area contributed by atoms with E-state index in [0.29, 0.717) is 6.54 Å². The molecule has 182 valence electrons. The molecule has 8 nitrogen and oxygen atoms in total. The van der Waals surface area contributed by atoms with E-state index in [1.807, 2.05) is 37.3 Å². The molecule has 0 aliphatic carbocycles. The van der Waals surface area contributed by atoms with Gasteiger partial charge in [0.05, 0.1) is 29.7 Å². The van der Waals surface area contributed by atoms with Gasteiger partial charge in [-0.3, -0.25) is 14.4 Å². The van der Waals surface area contributed by atoms with E-state index in [0.717, 1.165) is 11.1 Å². The summed E-state index contributed by atoms with van der Waals surface area (Å²) >= 11 is 0. The lowest BCUT2D eigenvalue weighted by atomic mass is 10.1. The van der Waals surface area contributed by atoms with Crippen LogP contribution in [0.2, 0.25) is 0 Å². The zero-order valence-electron chi connectivity index (χ0n) is 19.9. The monoisotopic (exact) mass is 485 g/mol. The van der Waals surface area contributed by atoms with Crippen molar-refractivity contribution in [2.45, 2.75) is 69.3 Å². The number of likely N-dealkylation sites (tertiary alicyclic amines) is 1. The summed E-state index contributed by atoms with van der Waals surface area (Å²) in [4.78, 5) is 14.4. The number of nitrogens with one attached hydrogen (secondary N) is 1. The van der Waals surface area contributed by atoms with Crippen LogP contribution in [0.15, 0.2) is 59.5 Å². The third kappa shape index (κ3) is 6.79. The Hall–Kier alpha value is -2.93. The molecule has 2 aromatic rings. The lowest BCUT2D eigenvalue weighted by Crippen LogP contribution is -2.49. The number of carbonyl (C=O) groups excluding carboxylic acids is 1. The Morgan fingerprint density at radius 3 is 2.41 bits per heavy atom. The molecule has 9 heteroatoms. The predicted octanol–water partition coefficient (Wildman–Crippen LogP) is 3.76. The average Bonchev–Trinajstić information content (AvgIpc) is 3.17. The van der Waals surface area contributed by atoms with Crippen LogP contribution in [0, 0.1) is 18.3 Å². The van der Waals surface area contributed by atoms with Crippen LogP contribution >= 0.6 is 0 Å². The van der Waals surface area contributed by atoms with Crippen molar-refractivity contribution >= 4 is 16.2 Å². The van der Waals surface area contributed by atoms with Crippen LogP contribution < -0.4 is 5.32 Å². The van der Waals surface area contributed by atoms with E-state index in [1.54, 1.807) is 32.9 Å². The first-order valence-electron chi connectivity index (χ1n) is 11.1. The summed E-state index contributed by atoms with van der Waals surface area (Å²) in [5.74, 6) is 0. The zero-order valence-corrected chi connectivity index (χ0v) is 20.7. The fourth-order valence-electron chi connectivity index (χ4n) is 3.77. The van der Waals surface area contributed by atoms with E-state index in [1.165, 1.54) is 17.0 Å². The second-order valence-electron chi connectivity index (χ2n) is 9.39. The van der Waals surface area contributed by atoms with Crippen LogP contribution in [0.4, 0.5) is 4.79 Å². The van der Waals surface area contributed by atoms with Crippen LogP contribution in [0.25, 0.3) is 0 Å². The first-order chi connectivity index (χ1) is 16.0. The largest absolute Gasteiger partial charge is 0.444 e. The number of benzene rings is 2. The number of nitriles is 1. The first-order valence-corrected chi connectivity index (χ1v) is 12.6. The lowest BCUT2D eigenvalue weighted by Gasteiger charge is -2.30. The Kier molecular flexibility index (Phi) is 7.97. The van der Waals surface area contributed by atoms with Crippen molar-refractivity contribution in [2.24, 2.45) is 0 Å². The van der Waals surface area contributed by atoms with Gasteiger partial charge in [0.25, 0.3) is 10.1 Å². The quantitative estimate of drug-likeness (QED) is 0.595. The average molecular weight is 486 g/mol. The molecule has 1 fully saturated rings. The van der Waals surface area contributed by atoms with Crippen molar-refractivity contribution in [3.63, 3.8) is 0 Å². The van der Waals surface area contributed by atoms with Gasteiger partial charge in [0, 0.05) is 6.54 Å². The maximum atomic E-state index is 12.9.